The van der Waals surface area contributed by atoms with Gasteiger partial charge in [-0.1, -0.05) is 59.8 Å². The Morgan fingerprint density at radius 2 is 1.97 bits per heavy atom. The quantitative estimate of drug-likeness (QED) is 0.404. The van der Waals surface area contributed by atoms with Crippen molar-refractivity contribution in [3.63, 3.8) is 0 Å². The highest BCUT2D eigenvalue weighted by atomic mass is 32.2. The summed E-state index contributed by atoms with van der Waals surface area (Å²) in [5.41, 5.74) is 3.02. The molecule has 4 aliphatic rings. The molecule has 2 bridgehead atoms. The zero-order valence-electron chi connectivity index (χ0n) is 20.6. The Kier molecular flexibility index (Phi) is 7.26. The molecule has 0 aromatic rings. The van der Waals surface area contributed by atoms with Crippen LogP contribution in [-0.2, 0) is 0 Å². The third kappa shape index (κ3) is 4.40. The van der Waals surface area contributed by atoms with Crippen LogP contribution in [0.2, 0.25) is 0 Å². The summed E-state index contributed by atoms with van der Waals surface area (Å²) >= 11 is 2.06. The van der Waals surface area contributed by atoms with E-state index in [1.165, 1.54) is 51.4 Å². The molecule has 2 aliphatic carbocycles. The fourth-order valence-corrected chi connectivity index (χ4v) is 8.59. The van der Waals surface area contributed by atoms with Crippen molar-refractivity contribution in [2.45, 2.75) is 96.8 Å². The molecule has 1 spiro atoms. The van der Waals surface area contributed by atoms with Crippen molar-refractivity contribution in [2.75, 3.05) is 0 Å². The third-order valence-corrected chi connectivity index (χ3v) is 11.1. The molecule has 2 saturated carbocycles. The average Bonchev–Trinajstić information content (AvgIpc) is 3.02. The summed E-state index contributed by atoms with van der Waals surface area (Å²) in [6.45, 7) is 16.4. The number of thioether (sulfide) groups is 1. The topological polar surface area (TPSA) is 12.4 Å². The van der Waals surface area contributed by atoms with Crippen molar-refractivity contribution in [2.24, 2.45) is 46.4 Å². The van der Waals surface area contributed by atoms with E-state index in [0.29, 0.717) is 10.8 Å². The van der Waals surface area contributed by atoms with Crippen LogP contribution in [0.5, 0.6) is 0 Å². The Labute approximate surface area is 196 Å². The van der Waals surface area contributed by atoms with Crippen molar-refractivity contribution in [3.8, 4) is 0 Å². The molecule has 0 saturated heterocycles. The Hall–Kier alpha value is -0.760. The lowest BCUT2D eigenvalue weighted by molar-refractivity contribution is 0.0744. The molecule has 172 valence electrons. The van der Waals surface area contributed by atoms with E-state index in [9.17, 15) is 0 Å². The molecule has 0 amide bonds. The summed E-state index contributed by atoms with van der Waals surface area (Å²) in [4.78, 5) is 5.56. The smallest absolute Gasteiger partial charge is 0.0729 e. The Morgan fingerprint density at radius 3 is 2.74 bits per heavy atom. The molecule has 2 heteroatoms. The number of fused-ring (bicyclic) bond motifs is 3. The van der Waals surface area contributed by atoms with Crippen LogP contribution in [0.3, 0.4) is 0 Å². The first-order chi connectivity index (χ1) is 14.9. The highest BCUT2D eigenvalue weighted by Gasteiger charge is 2.63. The number of aliphatic imine (C=N–C) groups is 1. The van der Waals surface area contributed by atoms with Crippen LogP contribution in [0.15, 0.2) is 40.8 Å². The molecule has 2 aliphatic heterocycles. The highest BCUT2D eigenvalue weighted by molar-refractivity contribution is 8.02. The molecule has 2 heterocycles. The van der Waals surface area contributed by atoms with Crippen molar-refractivity contribution in [1.29, 1.82) is 0 Å². The molecule has 31 heavy (non-hydrogen) atoms. The molecule has 9 atom stereocenters. The van der Waals surface area contributed by atoms with Gasteiger partial charge in [-0.15, -0.1) is 11.8 Å². The van der Waals surface area contributed by atoms with E-state index in [-0.39, 0.29) is 0 Å². The predicted molar refractivity (Wildman–Crippen MR) is 139 cm³/mol. The number of rotatable bonds is 6. The van der Waals surface area contributed by atoms with Gasteiger partial charge in [-0.3, -0.25) is 4.99 Å². The average molecular weight is 440 g/mol. The van der Waals surface area contributed by atoms with Gasteiger partial charge in [0.25, 0.3) is 0 Å². The Morgan fingerprint density at radius 1 is 1.16 bits per heavy atom. The molecule has 0 aromatic heterocycles. The van der Waals surface area contributed by atoms with E-state index >= 15 is 0 Å². The van der Waals surface area contributed by atoms with Gasteiger partial charge < -0.3 is 0 Å². The second-order valence-electron chi connectivity index (χ2n) is 11.4. The van der Waals surface area contributed by atoms with Crippen LogP contribution < -0.4 is 0 Å². The van der Waals surface area contributed by atoms with Gasteiger partial charge in [0.2, 0.25) is 0 Å². The van der Waals surface area contributed by atoms with Gasteiger partial charge in [-0.05, 0) is 97.5 Å². The summed E-state index contributed by atoms with van der Waals surface area (Å²) in [6, 6.07) is 0. The van der Waals surface area contributed by atoms with Crippen LogP contribution in [0.4, 0.5) is 0 Å². The molecular weight excluding hydrogens is 394 g/mol. The van der Waals surface area contributed by atoms with Crippen LogP contribution in [0, 0.1) is 41.4 Å². The van der Waals surface area contributed by atoms with E-state index in [0.717, 1.165) is 47.0 Å². The minimum Gasteiger partial charge on any atom is -0.286 e. The third-order valence-electron chi connectivity index (χ3n) is 9.90. The van der Waals surface area contributed by atoms with E-state index in [1.54, 1.807) is 5.71 Å². The SMILES string of the molecule is C=C1/C=C\CCC2C(C)C(CC34N=C(CCC(C)C(C)C(C)CC)C3CCC24)S/C=C\1. The normalized spacial score (nSPS) is 42.2. The summed E-state index contributed by atoms with van der Waals surface area (Å²) in [5.74, 6) is 5.70. The van der Waals surface area contributed by atoms with Crippen LogP contribution >= 0.6 is 11.8 Å². The maximum atomic E-state index is 5.56. The lowest BCUT2D eigenvalue weighted by Gasteiger charge is -2.55. The summed E-state index contributed by atoms with van der Waals surface area (Å²) in [6.07, 6.45) is 17.3. The predicted octanol–water partition coefficient (Wildman–Crippen LogP) is 8.48. The maximum absolute atomic E-state index is 5.56. The molecule has 4 rings (SSSR count). The van der Waals surface area contributed by atoms with Crippen molar-refractivity contribution >= 4 is 17.5 Å². The fourth-order valence-electron chi connectivity index (χ4n) is 7.32. The summed E-state index contributed by atoms with van der Waals surface area (Å²) in [7, 11) is 0. The first kappa shape index (κ1) is 23.4. The van der Waals surface area contributed by atoms with Crippen molar-refractivity contribution in [3.05, 3.63) is 35.8 Å². The molecule has 0 aromatic carbocycles. The minimum atomic E-state index is 0.290. The molecular formula is C29H45NS. The zero-order chi connectivity index (χ0) is 22.2. The molecule has 0 N–H and O–H groups in total. The number of nitrogens with zero attached hydrogens (tertiary/aromatic N) is 1. The fraction of sp³-hybridized carbons (Fsp3) is 0.759. The van der Waals surface area contributed by atoms with Gasteiger partial charge in [0.1, 0.15) is 0 Å². The Bertz CT molecular complexity index is 748. The zero-order valence-corrected chi connectivity index (χ0v) is 21.5. The molecule has 0 radical (unpaired) electrons. The molecule has 2 fully saturated rings. The van der Waals surface area contributed by atoms with Gasteiger partial charge in [0, 0.05) is 16.9 Å². The summed E-state index contributed by atoms with van der Waals surface area (Å²) < 4.78 is 0. The Balaban J connectivity index is 1.49. The monoisotopic (exact) mass is 439 g/mol. The maximum Gasteiger partial charge on any atom is 0.0729 e. The van der Waals surface area contributed by atoms with Crippen LogP contribution in [0.1, 0.15) is 86.0 Å². The first-order valence-corrected chi connectivity index (χ1v) is 14.1. The van der Waals surface area contributed by atoms with Crippen molar-refractivity contribution in [1.82, 2.24) is 0 Å². The van der Waals surface area contributed by atoms with Gasteiger partial charge in [-0.2, -0.15) is 0 Å². The van der Waals surface area contributed by atoms with Crippen molar-refractivity contribution < 1.29 is 0 Å². The van der Waals surface area contributed by atoms with E-state index in [4.69, 9.17) is 4.99 Å². The van der Waals surface area contributed by atoms with E-state index in [2.05, 4.69) is 76.6 Å². The van der Waals surface area contributed by atoms with Gasteiger partial charge >= 0.3 is 0 Å². The summed E-state index contributed by atoms with van der Waals surface area (Å²) in [5, 5.41) is 3.02. The van der Waals surface area contributed by atoms with Crippen LogP contribution in [-0.4, -0.2) is 16.5 Å². The molecule has 9 unspecified atom stereocenters. The van der Waals surface area contributed by atoms with Gasteiger partial charge in [0.05, 0.1) is 5.54 Å². The standard InChI is InChI=1S/C29H45NS/c1-7-20(3)22(5)21(4)12-15-27-26-14-13-25-24-11-9-8-10-19(2)16-17-31-28(23(24)6)18-29(25,26)30-27/h8,10,16-17,20-26,28H,2,7,9,11-15,18H2,1,3-6H3/b10-8-,17-16-. The van der Waals surface area contributed by atoms with Gasteiger partial charge in [-0.25, -0.2) is 0 Å². The van der Waals surface area contributed by atoms with E-state index < -0.39 is 0 Å². The van der Waals surface area contributed by atoms with Gasteiger partial charge in [0.15, 0.2) is 0 Å². The molecule has 1 nitrogen and oxygen atoms in total. The first-order valence-electron chi connectivity index (χ1n) is 13.1. The largest absolute Gasteiger partial charge is 0.286 e. The number of allylic oxidation sites excluding steroid dienone is 4. The second-order valence-corrected chi connectivity index (χ2v) is 12.5. The van der Waals surface area contributed by atoms with Crippen LogP contribution in [0.25, 0.3) is 0 Å². The lowest BCUT2D eigenvalue weighted by Crippen LogP contribution is -2.58. The number of hydrogen-bond acceptors (Lipinski definition) is 2. The minimum absolute atomic E-state index is 0.290. The highest BCUT2D eigenvalue weighted by Crippen LogP contribution is 2.63. The second kappa shape index (κ2) is 9.62. The van der Waals surface area contributed by atoms with E-state index in [1.807, 2.05) is 0 Å². The number of hydrogen-bond donors (Lipinski definition) is 0. The lowest BCUT2D eigenvalue weighted by atomic mass is 9.58.